The van der Waals surface area contributed by atoms with E-state index in [1.54, 1.807) is 0 Å². The lowest BCUT2D eigenvalue weighted by Gasteiger charge is -2.14. The quantitative estimate of drug-likeness (QED) is 0.534. The van der Waals surface area contributed by atoms with E-state index in [1.807, 2.05) is 0 Å². The molecule has 14 heavy (non-hydrogen) atoms. The summed E-state index contributed by atoms with van der Waals surface area (Å²) in [5.74, 6) is -0.497. The van der Waals surface area contributed by atoms with E-state index in [2.05, 4.69) is 5.32 Å². The molecule has 0 bridgehead atoms. The molecule has 0 aromatic heterocycles. The van der Waals surface area contributed by atoms with Crippen molar-refractivity contribution in [1.82, 2.24) is 5.32 Å². The van der Waals surface area contributed by atoms with Gasteiger partial charge >= 0.3 is 6.18 Å². The third-order valence-corrected chi connectivity index (χ3v) is 1.49. The number of carbonyl (C=O) groups excluding carboxylic acids is 1. The van der Waals surface area contributed by atoms with E-state index in [0.29, 0.717) is 6.42 Å². The highest BCUT2D eigenvalue weighted by molar-refractivity contribution is 5.73. The van der Waals surface area contributed by atoms with Crippen LogP contribution in [0.15, 0.2) is 0 Å². The maximum atomic E-state index is 11.7. The molecule has 4 nitrogen and oxygen atoms in total. The number of nitrogens with two attached hydrogens (primary N) is 1. The topological polar surface area (TPSA) is 75.4 Å². The van der Waals surface area contributed by atoms with Gasteiger partial charge < -0.3 is 16.2 Å². The Morgan fingerprint density at radius 3 is 2.50 bits per heavy atom. The number of nitrogens with one attached hydrogen (secondary N) is 1. The van der Waals surface area contributed by atoms with Crippen LogP contribution < -0.4 is 11.1 Å². The molecule has 0 spiro atoms. The zero-order chi connectivity index (χ0) is 11.2. The predicted octanol–water partition coefficient (Wildman–Crippen LogP) is -0.235. The van der Waals surface area contributed by atoms with Crippen molar-refractivity contribution in [2.24, 2.45) is 5.73 Å². The van der Waals surface area contributed by atoms with Crippen molar-refractivity contribution in [3.8, 4) is 0 Å². The van der Waals surface area contributed by atoms with Gasteiger partial charge in [-0.05, 0) is 13.0 Å². The van der Waals surface area contributed by atoms with Crippen LogP contribution in [0.2, 0.25) is 0 Å². The summed E-state index contributed by atoms with van der Waals surface area (Å²) < 4.78 is 35.2. The summed E-state index contributed by atoms with van der Waals surface area (Å²) in [4.78, 5) is 10.2. The Balaban J connectivity index is 3.41. The standard InChI is InChI=1S/C7H13F3N2O2/c8-7(9,10)5(13)4-12-3-1-2-6(11)14/h5,12-13H,1-4H2,(H2,11,14). The van der Waals surface area contributed by atoms with Gasteiger partial charge in [-0.2, -0.15) is 13.2 Å². The van der Waals surface area contributed by atoms with Crippen LogP contribution in [0.25, 0.3) is 0 Å². The fraction of sp³-hybridized carbons (Fsp3) is 0.857. The van der Waals surface area contributed by atoms with Crippen LogP contribution in [-0.2, 0) is 4.79 Å². The molecule has 0 aliphatic carbocycles. The van der Waals surface area contributed by atoms with Crippen molar-refractivity contribution >= 4 is 5.91 Å². The number of rotatable bonds is 6. The molecule has 84 valence electrons. The zero-order valence-corrected chi connectivity index (χ0v) is 7.47. The average Bonchev–Trinajstić information content (AvgIpc) is 2.01. The molecule has 0 aliphatic rings. The fourth-order valence-corrected chi connectivity index (χ4v) is 0.742. The number of aliphatic hydroxyl groups excluding tert-OH is 1. The van der Waals surface area contributed by atoms with Gasteiger partial charge in [-0.25, -0.2) is 0 Å². The van der Waals surface area contributed by atoms with Crippen molar-refractivity contribution < 1.29 is 23.1 Å². The molecule has 0 saturated carbocycles. The summed E-state index contributed by atoms with van der Waals surface area (Å²) in [5.41, 5.74) is 4.81. The van der Waals surface area contributed by atoms with Crippen LogP contribution in [0.5, 0.6) is 0 Å². The van der Waals surface area contributed by atoms with Crippen LogP contribution in [0.1, 0.15) is 12.8 Å². The second-order valence-corrected chi connectivity index (χ2v) is 2.83. The number of alkyl halides is 3. The van der Waals surface area contributed by atoms with E-state index in [-0.39, 0.29) is 13.0 Å². The van der Waals surface area contributed by atoms with Gasteiger partial charge in [0.1, 0.15) is 0 Å². The van der Waals surface area contributed by atoms with E-state index in [9.17, 15) is 18.0 Å². The van der Waals surface area contributed by atoms with E-state index < -0.39 is 24.7 Å². The summed E-state index contributed by atoms with van der Waals surface area (Å²) >= 11 is 0. The average molecular weight is 214 g/mol. The first-order valence-electron chi connectivity index (χ1n) is 4.08. The maximum Gasteiger partial charge on any atom is 0.415 e. The predicted molar refractivity (Wildman–Crippen MR) is 43.4 cm³/mol. The van der Waals surface area contributed by atoms with Crippen LogP contribution in [0.4, 0.5) is 13.2 Å². The summed E-state index contributed by atoms with van der Waals surface area (Å²) in [5, 5.41) is 10.9. The molecule has 1 atom stereocenters. The molecule has 7 heteroatoms. The van der Waals surface area contributed by atoms with Crippen LogP contribution in [0, 0.1) is 0 Å². The van der Waals surface area contributed by atoms with E-state index in [4.69, 9.17) is 10.8 Å². The minimum Gasteiger partial charge on any atom is -0.382 e. The SMILES string of the molecule is NC(=O)CCCNCC(O)C(F)(F)F. The fourth-order valence-electron chi connectivity index (χ4n) is 0.742. The largest absolute Gasteiger partial charge is 0.415 e. The Morgan fingerprint density at radius 1 is 1.50 bits per heavy atom. The maximum absolute atomic E-state index is 11.7. The Bertz CT molecular complexity index is 184. The first kappa shape index (κ1) is 13.2. The summed E-state index contributed by atoms with van der Waals surface area (Å²) in [6.07, 6.45) is -6.48. The van der Waals surface area contributed by atoms with Crippen molar-refractivity contribution in [3.05, 3.63) is 0 Å². The van der Waals surface area contributed by atoms with E-state index >= 15 is 0 Å². The number of primary amides is 1. The third kappa shape index (κ3) is 6.67. The number of aliphatic hydroxyl groups is 1. The van der Waals surface area contributed by atoms with Crippen LogP contribution in [-0.4, -0.2) is 36.4 Å². The minimum absolute atomic E-state index is 0.120. The first-order valence-corrected chi connectivity index (χ1v) is 4.08. The molecule has 0 rings (SSSR count). The number of hydrogen-bond donors (Lipinski definition) is 3. The van der Waals surface area contributed by atoms with Crippen molar-refractivity contribution in [3.63, 3.8) is 0 Å². The van der Waals surface area contributed by atoms with Gasteiger partial charge in [-0.15, -0.1) is 0 Å². The van der Waals surface area contributed by atoms with Gasteiger partial charge in [0.05, 0.1) is 0 Å². The molecule has 0 aromatic rings. The minimum atomic E-state index is -4.60. The Kier molecular flexibility index (Phi) is 5.47. The Hall–Kier alpha value is -0.820. The molecule has 1 unspecified atom stereocenters. The monoisotopic (exact) mass is 214 g/mol. The van der Waals surface area contributed by atoms with Gasteiger partial charge in [0, 0.05) is 13.0 Å². The third-order valence-electron chi connectivity index (χ3n) is 1.49. The second-order valence-electron chi connectivity index (χ2n) is 2.83. The molecule has 0 aromatic carbocycles. The summed E-state index contributed by atoms with van der Waals surface area (Å²) in [6.45, 7) is -0.349. The van der Waals surface area contributed by atoms with Crippen molar-refractivity contribution in [2.75, 3.05) is 13.1 Å². The highest BCUT2D eigenvalue weighted by atomic mass is 19.4. The lowest BCUT2D eigenvalue weighted by Crippen LogP contribution is -2.38. The lowest BCUT2D eigenvalue weighted by atomic mass is 10.3. The molecule has 0 radical (unpaired) electrons. The van der Waals surface area contributed by atoms with Gasteiger partial charge in [-0.1, -0.05) is 0 Å². The van der Waals surface area contributed by atoms with Gasteiger partial charge in [0.25, 0.3) is 0 Å². The smallest absolute Gasteiger partial charge is 0.382 e. The molecule has 4 N–H and O–H groups in total. The molecule has 0 saturated heterocycles. The Labute approximate surface area is 79.3 Å². The van der Waals surface area contributed by atoms with Crippen molar-refractivity contribution in [1.29, 1.82) is 0 Å². The lowest BCUT2D eigenvalue weighted by molar-refractivity contribution is -0.201. The van der Waals surface area contributed by atoms with E-state index in [0.717, 1.165) is 0 Å². The van der Waals surface area contributed by atoms with E-state index in [1.165, 1.54) is 0 Å². The second kappa shape index (κ2) is 5.82. The van der Waals surface area contributed by atoms with Crippen LogP contribution >= 0.6 is 0 Å². The van der Waals surface area contributed by atoms with Crippen molar-refractivity contribution in [2.45, 2.75) is 25.1 Å². The molecular formula is C7H13F3N2O2. The van der Waals surface area contributed by atoms with Gasteiger partial charge in [-0.3, -0.25) is 4.79 Å². The first-order chi connectivity index (χ1) is 6.34. The normalized spacial score (nSPS) is 14.0. The zero-order valence-electron chi connectivity index (χ0n) is 7.47. The van der Waals surface area contributed by atoms with Gasteiger partial charge in [0.15, 0.2) is 6.10 Å². The van der Waals surface area contributed by atoms with Gasteiger partial charge in [0.2, 0.25) is 5.91 Å². The molecular weight excluding hydrogens is 201 g/mol. The highest BCUT2D eigenvalue weighted by Gasteiger charge is 2.37. The number of halogens is 3. The highest BCUT2D eigenvalue weighted by Crippen LogP contribution is 2.18. The summed E-state index contributed by atoms with van der Waals surface area (Å²) in [6, 6.07) is 0. The summed E-state index contributed by atoms with van der Waals surface area (Å²) in [7, 11) is 0. The number of hydrogen-bond acceptors (Lipinski definition) is 3. The molecule has 1 amide bonds. The molecule has 0 aliphatic heterocycles. The number of carbonyl (C=O) groups is 1. The Morgan fingerprint density at radius 2 is 2.07 bits per heavy atom. The molecule has 0 heterocycles. The number of amides is 1. The molecule has 0 fully saturated rings. The van der Waals surface area contributed by atoms with Crippen LogP contribution in [0.3, 0.4) is 0 Å².